The summed E-state index contributed by atoms with van der Waals surface area (Å²) in [7, 11) is 4.97. The Labute approximate surface area is 212 Å². The third-order valence-electron chi connectivity index (χ3n) is 7.19. The van der Waals surface area contributed by atoms with Crippen molar-refractivity contribution in [3.8, 4) is 17.2 Å². The molecule has 2 heterocycles. The van der Waals surface area contributed by atoms with Gasteiger partial charge in [0.1, 0.15) is 5.75 Å². The number of nitrogens with zero attached hydrogens (tertiary/aromatic N) is 2. The Morgan fingerprint density at radius 2 is 1.72 bits per heavy atom. The number of hydrogen-bond donors (Lipinski definition) is 0. The van der Waals surface area contributed by atoms with E-state index >= 15 is 0 Å². The van der Waals surface area contributed by atoms with Crippen LogP contribution in [0, 0.1) is 0 Å². The fourth-order valence-electron chi connectivity index (χ4n) is 5.35. The van der Waals surface area contributed by atoms with Gasteiger partial charge in [0.05, 0.1) is 32.9 Å². The standard InChI is InChI=1S/C30H32N2O4/c1-5-31-19-25(23-11-6-7-12-26(23)31)30(33)32-14-13-21-17-28(35-3)29(36-4)18-24(21)27(32)16-20-9-8-10-22(15-20)34-2/h6-12,15,17-19,27H,5,13-14,16H2,1-4H3. The quantitative estimate of drug-likeness (QED) is 0.339. The van der Waals surface area contributed by atoms with Crippen LogP contribution in [0.5, 0.6) is 17.2 Å². The van der Waals surface area contributed by atoms with Gasteiger partial charge in [-0.15, -0.1) is 0 Å². The van der Waals surface area contributed by atoms with Crippen LogP contribution in [0.1, 0.15) is 40.0 Å². The number of amides is 1. The molecule has 0 radical (unpaired) electrons. The Hall–Kier alpha value is -3.93. The number of rotatable bonds is 7. The first kappa shape index (κ1) is 23.8. The summed E-state index contributed by atoms with van der Waals surface area (Å²) in [5.74, 6) is 2.23. The zero-order valence-electron chi connectivity index (χ0n) is 21.3. The van der Waals surface area contributed by atoms with Crippen molar-refractivity contribution in [2.45, 2.75) is 32.4 Å². The SMILES string of the molecule is CCn1cc(C(=O)N2CCc3cc(OC)c(OC)cc3C2Cc2cccc(OC)c2)c2ccccc21. The van der Waals surface area contributed by atoms with E-state index in [1.165, 1.54) is 5.56 Å². The van der Waals surface area contributed by atoms with E-state index in [4.69, 9.17) is 14.2 Å². The van der Waals surface area contributed by atoms with Crippen LogP contribution in [0.3, 0.4) is 0 Å². The third kappa shape index (κ3) is 4.17. The number of aromatic nitrogens is 1. The second kappa shape index (κ2) is 9.97. The Morgan fingerprint density at radius 1 is 0.944 bits per heavy atom. The largest absolute Gasteiger partial charge is 0.497 e. The molecule has 0 bridgehead atoms. The highest BCUT2D eigenvalue weighted by molar-refractivity contribution is 6.07. The molecule has 0 fully saturated rings. The highest BCUT2D eigenvalue weighted by Crippen LogP contribution is 2.40. The molecule has 0 N–H and O–H groups in total. The van der Waals surface area contributed by atoms with E-state index < -0.39 is 0 Å². The van der Waals surface area contributed by atoms with E-state index in [1.54, 1.807) is 21.3 Å². The molecule has 1 amide bonds. The highest BCUT2D eigenvalue weighted by atomic mass is 16.5. The number of carbonyl (C=O) groups is 1. The molecule has 0 saturated heterocycles. The molecule has 1 aliphatic heterocycles. The summed E-state index contributed by atoms with van der Waals surface area (Å²) in [6.07, 6.45) is 3.42. The van der Waals surface area contributed by atoms with Gasteiger partial charge in [-0.2, -0.15) is 0 Å². The molecule has 1 aliphatic rings. The molecule has 5 rings (SSSR count). The van der Waals surface area contributed by atoms with Crippen molar-refractivity contribution in [1.82, 2.24) is 9.47 Å². The summed E-state index contributed by atoms with van der Waals surface area (Å²) in [4.78, 5) is 16.2. The van der Waals surface area contributed by atoms with Crippen LogP contribution < -0.4 is 14.2 Å². The summed E-state index contributed by atoms with van der Waals surface area (Å²) >= 11 is 0. The molecular formula is C30H32N2O4. The fourth-order valence-corrected chi connectivity index (χ4v) is 5.35. The number of fused-ring (bicyclic) bond motifs is 2. The van der Waals surface area contributed by atoms with Gasteiger partial charge in [0.25, 0.3) is 5.91 Å². The molecule has 36 heavy (non-hydrogen) atoms. The maximum atomic E-state index is 14.2. The predicted octanol–water partition coefficient (Wildman–Crippen LogP) is 5.67. The van der Waals surface area contributed by atoms with Gasteiger partial charge in [0, 0.05) is 30.2 Å². The lowest BCUT2D eigenvalue weighted by atomic mass is 9.87. The molecule has 1 atom stereocenters. The molecule has 0 aliphatic carbocycles. The van der Waals surface area contributed by atoms with Crippen LogP contribution in [0.4, 0.5) is 0 Å². The van der Waals surface area contributed by atoms with Crippen LogP contribution >= 0.6 is 0 Å². The van der Waals surface area contributed by atoms with E-state index in [0.717, 1.165) is 46.3 Å². The van der Waals surface area contributed by atoms with Crippen molar-refractivity contribution in [2.75, 3.05) is 27.9 Å². The predicted molar refractivity (Wildman–Crippen MR) is 141 cm³/mol. The van der Waals surface area contributed by atoms with Gasteiger partial charge in [-0.1, -0.05) is 30.3 Å². The molecule has 1 unspecified atom stereocenters. The Balaban J connectivity index is 1.61. The lowest BCUT2D eigenvalue weighted by Gasteiger charge is -2.38. The third-order valence-corrected chi connectivity index (χ3v) is 7.19. The molecule has 4 aromatic rings. The van der Waals surface area contributed by atoms with Crippen molar-refractivity contribution in [3.63, 3.8) is 0 Å². The average molecular weight is 485 g/mol. The lowest BCUT2D eigenvalue weighted by Crippen LogP contribution is -2.41. The normalized spacial score (nSPS) is 15.0. The zero-order chi connectivity index (χ0) is 25.2. The summed E-state index contributed by atoms with van der Waals surface area (Å²) in [6, 6.07) is 20.1. The van der Waals surface area contributed by atoms with Gasteiger partial charge in [-0.3, -0.25) is 4.79 Å². The zero-order valence-corrected chi connectivity index (χ0v) is 21.3. The molecule has 1 aromatic heterocycles. The van der Waals surface area contributed by atoms with Gasteiger partial charge in [-0.05, 0) is 66.8 Å². The first-order chi connectivity index (χ1) is 17.6. The number of ether oxygens (including phenoxy) is 3. The Morgan fingerprint density at radius 3 is 2.47 bits per heavy atom. The summed E-state index contributed by atoms with van der Waals surface area (Å²) < 4.78 is 18.8. The average Bonchev–Trinajstić information content (AvgIpc) is 3.31. The number of methoxy groups -OCH3 is 3. The number of hydrogen-bond acceptors (Lipinski definition) is 4. The minimum absolute atomic E-state index is 0.0479. The van der Waals surface area contributed by atoms with Gasteiger partial charge < -0.3 is 23.7 Å². The number of benzene rings is 3. The van der Waals surface area contributed by atoms with Crippen LogP contribution in [-0.4, -0.2) is 43.2 Å². The molecule has 186 valence electrons. The second-order valence-electron chi connectivity index (χ2n) is 9.07. The van der Waals surface area contributed by atoms with Gasteiger partial charge >= 0.3 is 0 Å². The molecule has 6 nitrogen and oxygen atoms in total. The molecule has 6 heteroatoms. The number of para-hydroxylation sites is 1. The van der Waals surface area contributed by atoms with Crippen molar-refractivity contribution >= 4 is 16.8 Å². The molecular weight excluding hydrogens is 452 g/mol. The van der Waals surface area contributed by atoms with E-state index in [0.29, 0.717) is 24.5 Å². The minimum atomic E-state index is -0.156. The first-order valence-corrected chi connectivity index (χ1v) is 12.3. The van der Waals surface area contributed by atoms with Crippen LogP contribution in [0.15, 0.2) is 66.9 Å². The van der Waals surface area contributed by atoms with Gasteiger partial charge in [-0.25, -0.2) is 0 Å². The van der Waals surface area contributed by atoms with E-state index in [1.807, 2.05) is 53.6 Å². The second-order valence-corrected chi connectivity index (χ2v) is 9.07. The maximum absolute atomic E-state index is 14.2. The van der Waals surface area contributed by atoms with Crippen LogP contribution in [0.2, 0.25) is 0 Å². The van der Waals surface area contributed by atoms with Gasteiger partial charge in [0.2, 0.25) is 0 Å². The minimum Gasteiger partial charge on any atom is -0.497 e. The van der Waals surface area contributed by atoms with E-state index in [-0.39, 0.29) is 11.9 Å². The van der Waals surface area contributed by atoms with E-state index in [9.17, 15) is 4.79 Å². The fraction of sp³-hybridized carbons (Fsp3) is 0.300. The summed E-state index contributed by atoms with van der Waals surface area (Å²) in [5.41, 5.74) is 5.20. The summed E-state index contributed by atoms with van der Waals surface area (Å²) in [6.45, 7) is 3.53. The topological polar surface area (TPSA) is 52.9 Å². The van der Waals surface area contributed by atoms with Crippen molar-refractivity contribution in [2.24, 2.45) is 0 Å². The van der Waals surface area contributed by atoms with Gasteiger partial charge in [0.15, 0.2) is 11.5 Å². The van der Waals surface area contributed by atoms with Crippen molar-refractivity contribution in [3.05, 3.63) is 89.1 Å². The highest BCUT2D eigenvalue weighted by Gasteiger charge is 2.34. The number of aryl methyl sites for hydroxylation is 1. The lowest BCUT2D eigenvalue weighted by molar-refractivity contribution is 0.0661. The maximum Gasteiger partial charge on any atom is 0.256 e. The van der Waals surface area contributed by atoms with Crippen LogP contribution in [0.25, 0.3) is 10.9 Å². The Kier molecular flexibility index (Phi) is 6.59. The monoisotopic (exact) mass is 484 g/mol. The van der Waals surface area contributed by atoms with Crippen molar-refractivity contribution < 1.29 is 19.0 Å². The number of carbonyl (C=O) groups excluding carboxylic acids is 1. The molecule has 0 spiro atoms. The Bertz CT molecular complexity index is 1410. The van der Waals surface area contributed by atoms with Crippen LogP contribution in [-0.2, 0) is 19.4 Å². The van der Waals surface area contributed by atoms with E-state index in [2.05, 4.69) is 29.7 Å². The summed E-state index contributed by atoms with van der Waals surface area (Å²) in [5, 5.41) is 0.989. The molecule has 0 saturated carbocycles. The van der Waals surface area contributed by atoms with Crippen molar-refractivity contribution in [1.29, 1.82) is 0 Å². The first-order valence-electron chi connectivity index (χ1n) is 12.3. The smallest absolute Gasteiger partial charge is 0.256 e. The molecule has 3 aromatic carbocycles.